The van der Waals surface area contributed by atoms with Crippen LogP contribution in [0.15, 0.2) is 36.5 Å². The molecule has 3 rings (SSSR count). The lowest BCUT2D eigenvalue weighted by atomic mass is 10.2. The SMILES string of the molecule is O=C(O)C1CSCN1C(=O)Nc1cccc2cccnc12. The first-order valence-electron chi connectivity index (χ1n) is 6.39. The normalized spacial score (nSPS) is 17.9. The van der Waals surface area contributed by atoms with Gasteiger partial charge >= 0.3 is 12.0 Å². The number of carbonyl (C=O) groups is 2. The van der Waals surface area contributed by atoms with Gasteiger partial charge in [-0.05, 0) is 12.1 Å². The second-order valence-corrected chi connectivity index (χ2v) is 5.63. The number of amides is 2. The zero-order valence-corrected chi connectivity index (χ0v) is 11.8. The molecule has 0 saturated carbocycles. The van der Waals surface area contributed by atoms with E-state index in [0.717, 1.165) is 5.39 Å². The maximum absolute atomic E-state index is 12.3. The minimum Gasteiger partial charge on any atom is -0.480 e. The van der Waals surface area contributed by atoms with Crippen LogP contribution in [0.1, 0.15) is 0 Å². The van der Waals surface area contributed by atoms with E-state index in [1.807, 2.05) is 24.3 Å². The van der Waals surface area contributed by atoms with Gasteiger partial charge in [0.1, 0.15) is 6.04 Å². The Morgan fingerprint density at radius 1 is 1.33 bits per heavy atom. The van der Waals surface area contributed by atoms with E-state index >= 15 is 0 Å². The third-order valence-corrected chi connectivity index (χ3v) is 4.31. The smallest absolute Gasteiger partial charge is 0.327 e. The number of carboxylic acids is 1. The molecular weight excluding hydrogens is 290 g/mol. The van der Waals surface area contributed by atoms with Gasteiger partial charge in [0.15, 0.2) is 0 Å². The second kappa shape index (κ2) is 5.61. The van der Waals surface area contributed by atoms with Crippen LogP contribution in [0, 0.1) is 0 Å². The van der Waals surface area contributed by atoms with Crippen molar-refractivity contribution >= 4 is 40.4 Å². The van der Waals surface area contributed by atoms with E-state index in [2.05, 4.69) is 10.3 Å². The lowest BCUT2D eigenvalue weighted by Crippen LogP contribution is -2.44. The van der Waals surface area contributed by atoms with Gasteiger partial charge in [-0.3, -0.25) is 4.98 Å². The highest BCUT2D eigenvalue weighted by Crippen LogP contribution is 2.24. The minimum atomic E-state index is -0.980. The van der Waals surface area contributed by atoms with E-state index in [4.69, 9.17) is 5.11 Å². The molecule has 2 heterocycles. The number of nitrogens with zero attached hydrogens (tertiary/aromatic N) is 2. The number of pyridine rings is 1. The van der Waals surface area contributed by atoms with Gasteiger partial charge in [0.05, 0.1) is 17.1 Å². The molecule has 1 aromatic carbocycles. The van der Waals surface area contributed by atoms with E-state index in [-0.39, 0.29) is 0 Å². The standard InChI is InChI=1S/C14H13N3O3S/c18-13(19)11-7-21-8-17(11)14(20)16-10-5-1-3-9-4-2-6-15-12(9)10/h1-6,11H,7-8H2,(H,16,20)(H,18,19). The Morgan fingerprint density at radius 3 is 2.95 bits per heavy atom. The fourth-order valence-corrected chi connectivity index (χ4v) is 3.38. The van der Waals surface area contributed by atoms with Gasteiger partial charge in [-0.2, -0.15) is 0 Å². The molecule has 7 heteroatoms. The van der Waals surface area contributed by atoms with Gasteiger partial charge in [-0.15, -0.1) is 11.8 Å². The second-order valence-electron chi connectivity index (χ2n) is 4.63. The summed E-state index contributed by atoms with van der Waals surface area (Å²) in [7, 11) is 0. The average molecular weight is 303 g/mol. The number of nitrogens with one attached hydrogen (secondary N) is 1. The molecule has 1 saturated heterocycles. The number of aromatic nitrogens is 1. The number of carbonyl (C=O) groups excluding carboxylic acids is 1. The largest absolute Gasteiger partial charge is 0.480 e. The average Bonchev–Trinajstić information content (AvgIpc) is 2.97. The highest BCUT2D eigenvalue weighted by Gasteiger charge is 2.34. The fourth-order valence-electron chi connectivity index (χ4n) is 2.24. The number of anilines is 1. The summed E-state index contributed by atoms with van der Waals surface area (Å²) in [5.41, 5.74) is 1.27. The number of para-hydroxylation sites is 1. The van der Waals surface area contributed by atoms with Crippen LogP contribution in [0.25, 0.3) is 10.9 Å². The topological polar surface area (TPSA) is 82.5 Å². The number of aliphatic carboxylic acids is 1. The molecule has 0 spiro atoms. The molecule has 2 amide bonds. The molecule has 0 radical (unpaired) electrons. The third-order valence-electron chi connectivity index (χ3n) is 3.30. The first-order valence-corrected chi connectivity index (χ1v) is 7.54. The number of benzene rings is 1. The molecule has 6 nitrogen and oxygen atoms in total. The minimum absolute atomic E-state index is 0.376. The summed E-state index contributed by atoms with van der Waals surface area (Å²) in [5.74, 6) is -0.191. The van der Waals surface area contributed by atoms with Crippen LogP contribution in [-0.4, -0.2) is 44.7 Å². The number of hydrogen-bond acceptors (Lipinski definition) is 4. The quantitative estimate of drug-likeness (QED) is 0.889. The predicted molar refractivity (Wildman–Crippen MR) is 81.3 cm³/mol. The van der Waals surface area contributed by atoms with Crippen molar-refractivity contribution in [3.8, 4) is 0 Å². The molecule has 108 valence electrons. The first-order chi connectivity index (χ1) is 10.2. The van der Waals surface area contributed by atoms with E-state index in [9.17, 15) is 9.59 Å². The number of hydrogen-bond donors (Lipinski definition) is 2. The number of fused-ring (bicyclic) bond motifs is 1. The molecule has 0 aliphatic carbocycles. The molecule has 1 unspecified atom stereocenters. The highest BCUT2D eigenvalue weighted by atomic mass is 32.2. The van der Waals surface area contributed by atoms with E-state index in [0.29, 0.717) is 22.8 Å². The molecule has 1 aliphatic heterocycles. The van der Waals surface area contributed by atoms with Crippen LogP contribution < -0.4 is 5.32 Å². The molecule has 1 fully saturated rings. The monoisotopic (exact) mass is 303 g/mol. The van der Waals surface area contributed by atoms with Gasteiger partial charge in [0, 0.05) is 17.3 Å². The Morgan fingerprint density at radius 2 is 2.14 bits per heavy atom. The molecule has 21 heavy (non-hydrogen) atoms. The Bertz CT molecular complexity index is 701. The summed E-state index contributed by atoms with van der Waals surface area (Å²) in [6, 6.07) is 8.03. The maximum Gasteiger partial charge on any atom is 0.327 e. The summed E-state index contributed by atoms with van der Waals surface area (Å²) < 4.78 is 0. The van der Waals surface area contributed by atoms with Crippen molar-refractivity contribution in [1.82, 2.24) is 9.88 Å². The molecule has 1 atom stereocenters. The van der Waals surface area contributed by atoms with Crippen LogP contribution in [-0.2, 0) is 4.79 Å². The van der Waals surface area contributed by atoms with Crippen molar-refractivity contribution in [3.63, 3.8) is 0 Å². The summed E-state index contributed by atoms with van der Waals surface area (Å²) >= 11 is 1.43. The first kappa shape index (κ1) is 13.7. The molecule has 1 aromatic heterocycles. The summed E-state index contributed by atoms with van der Waals surface area (Å²) in [6.07, 6.45) is 1.66. The van der Waals surface area contributed by atoms with Gasteiger partial charge in [-0.25, -0.2) is 9.59 Å². The Kier molecular flexibility index (Phi) is 3.66. The lowest BCUT2D eigenvalue weighted by molar-refractivity contribution is -0.140. The van der Waals surface area contributed by atoms with Crippen LogP contribution in [0.5, 0.6) is 0 Å². The van der Waals surface area contributed by atoms with Crippen molar-refractivity contribution in [2.45, 2.75) is 6.04 Å². The van der Waals surface area contributed by atoms with Crippen molar-refractivity contribution in [1.29, 1.82) is 0 Å². The molecule has 2 aromatic rings. The number of urea groups is 1. The zero-order valence-electron chi connectivity index (χ0n) is 11.0. The Hall–Kier alpha value is -2.28. The van der Waals surface area contributed by atoms with E-state index < -0.39 is 18.0 Å². The third kappa shape index (κ3) is 2.64. The van der Waals surface area contributed by atoms with Crippen molar-refractivity contribution in [3.05, 3.63) is 36.5 Å². The van der Waals surface area contributed by atoms with Crippen LogP contribution in [0.3, 0.4) is 0 Å². The highest BCUT2D eigenvalue weighted by molar-refractivity contribution is 7.99. The number of thioether (sulfide) groups is 1. The predicted octanol–water partition coefficient (Wildman–Crippen LogP) is 2.23. The van der Waals surface area contributed by atoms with Gasteiger partial charge in [0.25, 0.3) is 0 Å². The molecule has 1 aliphatic rings. The molecule has 0 bridgehead atoms. The van der Waals surface area contributed by atoms with Crippen LogP contribution >= 0.6 is 11.8 Å². The Labute approximate surface area is 125 Å². The van der Waals surface area contributed by atoms with Crippen molar-refractivity contribution in [2.24, 2.45) is 0 Å². The van der Waals surface area contributed by atoms with Gasteiger partial charge < -0.3 is 15.3 Å². The van der Waals surface area contributed by atoms with Crippen molar-refractivity contribution in [2.75, 3.05) is 16.9 Å². The Balaban J connectivity index is 1.85. The molecular formula is C14H13N3O3S. The fraction of sp³-hybridized carbons (Fsp3) is 0.214. The van der Waals surface area contributed by atoms with E-state index in [1.165, 1.54) is 16.7 Å². The van der Waals surface area contributed by atoms with Crippen LogP contribution in [0.4, 0.5) is 10.5 Å². The number of carboxylic acid groups (broad SMARTS) is 1. The van der Waals surface area contributed by atoms with Gasteiger partial charge in [0.2, 0.25) is 0 Å². The van der Waals surface area contributed by atoms with Crippen molar-refractivity contribution < 1.29 is 14.7 Å². The molecule has 2 N–H and O–H groups in total. The summed E-state index contributed by atoms with van der Waals surface area (Å²) in [4.78, 5) is 29.0. The van der Waals surface area contributed by atoms with Crippen LogP contribution in [0.2, 0.25) is 0 Å². The van der Waals surface area contributed by atoms with E-state index in [1.54, 1.807) is 12.3 Å². The zero-order chi connectivity index (χ0) is 14.8. The lowest BCUT2D eigenvalue weighted by Gasteiger charge is -2.21. The summed E-state index contributed by atoms with van der Waals surface area (Å²) in [6.45, 7) is 0. The number of rotatable bonds is 2. The maximum atomic E-state index is 12.3. The van der Waals surface area contributed by atoms with Gasteiger partial charge in [-0.1, -0.05) is 18.2 Å². The summed E-state index contributed by atoms with van der Waals surface area (Å²) in [5, 5.41) is 12.8.